The predicted molar refractivity (Wildman–Crippen MR) is 198 cm³/mol. The largest absolute Gasteiger partial charge is 0.340 e. The number of rotatable bonds is 31. The molecule has 0 aromatic carbocycles. The molecule has 1 aliphatic rings. The number of carbonyl (C=O) groups is 1. The van der Waals surface area contributed by atoms with E-state index < -0.39 is 0 Å². The van der Waals surface area contributed by atoms with Gasteiger partial charge in [-0.3, -0.25) is 9.69 Å². The number of thioether (sulfide) groups is 2. The summed E-state index contributed by atoms with van der Waals surface area (Å²) < 4.78 is 0. The molecule has 1 unspecified atom stereocenters. The maximum Gasteiger partial charge on any atom is 0.222 e. The van der Waals surface area contributed by atoms with E-state index in [1.807, 2.05) is 0 Å². The number of hydrogen-bond donors (Lipinski definition) is 0. The van der Waals surface area contributed by atoms with E-state index in [1.54, 1.807) is 0 Å². The quantitative estimate of drug-likeness (QED) is 0.0702. The second-order valence-corrected chi connectivity index (χ2v) is 16.1. The summed E-state index contributed by atoms with van der Waals surface area (Å²) in [5, 5.41) is 0.636. The van der Waals surface area contributed by atoms with Crippen LogP contribution in [0, 0.1) is 0 Å². The van der Waals surface area contributed by atoms with Gasteiger partial charge in [-0.1, -0.05) is 129 Å². The molecule has 0 radical (unpaired) electrons. The van der Waals surface area contributed by atoms with Gasteiger partial charge in [0.2, 0.25) is 5.91 Å². The third-order valence-electron chi connectivity index (χ3n) is 9.07. The molecule has 0 aromatic heterocycles. The molecule has 1 amide bonds. The second kappa shape index (κ2) is 30.7. The molecule has 1 heterocycles. The Labute approximate surface area is 279 Å². The van der Waals surface area contributed by atoms with Gasteiger partial charge in [0.25, 0.3) is 0 Å². The van der Waals surface area contributed by atoms with Crippen LogP contribution < -0.4 is 0 Å². The van der Waals surface area contributed by atoms with E-state index in [0.29, 0.717) is 11.2 Å². The van der Waals surface area contributed by atoms with Gasteiger partial charge >= 0.3 is 0 Å². The van der Waals surface area contributed by atoms with Gasteiger partial charge in [-0.05, 0) is 44.9 Å². The topological polar surface area (TPSA) is 26.8 Å². The average molecular weight is 642 g/mol. The lowest BCUT2D eigenvalue weighted by molar-refractivity contribution is -0.133. The second-order valence-electron chi connectivity index (χ2n) is 13.5. The molecule has 1 aliphatic heterocycles. The van der Waals surface area contributed by atoms with Crippen molar-refractivity contribution < 1.29 is 4.79 Å². The normalized spacial score (nSPS) is 15.0. The van der Waals surface area contributed by atoms with Gasteiger partial charge in [-0.2, -0.15) is 23.5 Å². The highest BCUT2D eigenvalue weighted by Crippen LogP contribution is 2.25. The molecule has 43 heavy (non-hydrogen) atoms. The van der Waals surface area contributed by atoms with Gasteiger partial charge in [-0.25, -0.2) is 0 Å². The highest BCUT2D eigenvalue weighted by molar-refractivity contribution is 8.03. The molecule has 6 heteroatoms. The Morgan fingerprint density at radius 2 is 1.12 bits per heavy atom. The highest BCUT2D eigenvalue weighted by atomic mass is 32.2. The van der Waals surface area contributed by atoms with Crippen molar-refractivity contribution in [3.8, 4) is 0 Å². The minimum absolute atomic E-state index is 0.400. The highest BCUT2D eigenvalue weighted by Gasteiger charge is 2.22. The maximum atomic E-state index is 13.1. The fraction of sp³-hybridized carbons (Fsp3) is 0.973. The summed E-state index contributed by atoms with van der Waals surface area (Å²) >= 11 is 4.34. The third kappa shape index (κ3) is 25.9. The van der Waals surface area contributed by atoms with Crippen LogP contribution >= 0.6 is 23.5 Å². The first kappa shape index (κ1) is 41.1. The van der Waals surface area contributed by atoms with Crippen molar-refractivity contribution in [3.63, 3.8) is 0 Å². The van der Waals surface area contributed by atoms with Crippen LogP contribution in [0.3, 0.4) is 0 Å². The number of nitrogens with zero attached hydrogens (tertiary/aromatic N) is 3. The Bertz CT molecular complexity index is 598. The Kier molecular flexibility index (Phi) is 29.4. The van der Waals surface area contributed by atoms with E-state index in [1.165, 1.54) is 146 Å². The Balaban J connectivity index is 2.25. The van der Waals surface area contributed by atoms with Gasteiger partial charge in [0.05, 0.1) is 0 Å². The summed E-state index contributed by atoms with van der Waals surface area (Å²) in [7, 11) is 4.28. The molecule has 0 aromatic rings. The molecular formula is C37H75N3OS2. The van der Waals surface area contributed by atoms with Crippen LogP contribution in [-0.2, 0) is 4.79 Å². The van der Waals surface area contributed by atoms with Crippen molar-refractivity contribution in [1.82, 2.24) is 14.7 Å². The summed E-state index contributed by atoms with van der Waals surface area (Å²) in [6, 6.07) is 0. The zero-order valence-electron chi connectivity index (χ0n) is 29.6. The van der Waals surface area contributed by atoms with E-state index in [2.05, 4.69) is 66.2 Å². The lowest BCUT2D eigenvalue weighted by Gasteiger charge is -2.35. The van der Waals surface area contributed by atoms with E-state index >= 15 is 0 Å². The van der Waals surface area contributed by atoms with Gasteiger partial charge in [0.15, 0.2) is 0 Å². The number of piperazine rings is 1. The van der Waals surface area contributed by atoms with Gasteiger partial charge in [0, 0.05) is 56.7 Å². The molecular weight excluding hydrogens is 567 g/mol. The molecule has 1 fully saturated rings. The van der Waals surface area contributed by atoms with Gasteiger partial charge < -0.3 is 9.80 Å². The van der Waals surface area contributed by atoms with Crippen LogP contribution in [0.15, 0.2) is 0 Å². The molecule has 256 valence electrons. The molecule has 0 N–H and O–H groups in total. The molecule has 1 rings (SSSR count). The van der Waals surface area contributed by atoms with Gasteiger partial charge in [-0.15, -0.1) is 0 Å². The number of unbranched alkanes of at least 4 members (excludes halogenated alkanes) is 18. The van der Waals surface area contributed by atoms with Crippen LogP contribution in [0.4, 0.5) is 0 Å². The summed E-state index contributed by atoms with van der Waals surface area (Å²) in [4.78, 5) is 20.0. The first-order chi connectivity index (χ1) is 21.1. The van der Waals surface area contributed by atoms with Crippen molar-refractivity contribution in [2.45, 2.75) is 160 Å². The fourth-order valence-corrected chi connectivity index (χ4v) is 8.63. The van der Waals surface area contributed by atoms with E-state index in [4.69, 9.17) is 0 Å². The van der Waals surface area contributed by atoms with Crippen molar-refractivity contribution >= 4 is 29.4 Å². The molecule has 1 atom stereocenters. The number of amides is 1. The Morgan fingerprint density at radius 3 is 1.60 bits per heavy atom. The standard InChI is InChI=1S/C37H75N3OS2/c1-5-7-9-11-13-15-17-19-21-23-33-42-35-36(43-34-24-22-20-18-16-14-12-10-8-6-2)25-26-37(41)40-31-29-39(30-32-40)28-27-38(3)4/h36H,5-35H2,1-4H3. The van der Waals surface area contributed by atoms with Crippen molar-refractivity contribution in [3.05, 3.63) is 0 Å². The predicted octanol–water partition coefficient (Wildman–Crippen LogP) is 10.1. The minimum Gasteiger partial charge on any atom is -0.340 e. The SMILES string of the molecule is CCCCCCCCCCCCSCC(CCC(=O)N1CCN(CCN(C)C)CC1)SCCCCCCCCCCCC. The maximum absolute atomic E-state index is 13.1. The summed E-state index contributed by atoms with van der Waals surface area (Å²) in [5.41, 5.74) is 0. The fourth-order valence-electron chi connectivity index (χ4n) is 5.97. The number of carbonyl (C=O) groups excluding carboxylic acids is 1. The molecule has 0 saturated carbocycles. The smallest absolute Gasteiger partial charge is 0.222 e. The Morgan fingerprint density at radius 1 is 0.651 bits per heavy atom. The van der Waals surface area contributed by atoms with Crippen LogP contribution in [0.1, 0.15) is 155 Å². The zero-order valence-corrected chi connectivity index (χ0v) is 31.2. The van der Waals surface area contributed by atoms with Crippen LogP contribution in [0.5, 0.6) is 0 Å². The first-order valence-electron chi connectivity index (χ1n) is 18.9. The van der Waals surface area contributed by atoms with E-state index in [0.717, 1.165) is 52.1 Å². The molecule has 1 saturated heterocycles. The van der Waals surface area contributed by atoms with Gasteiger partial charge in [0.1, 0.15) is 0 Å². The van der Waals surface area contributed by atoms with Crippen molar-refractivity contribution in [2.75, 3.05) is 70.6 Å². The van der Waals surface area contributed by atoms with Crippen molar-refractivity contribution in [1.29, 1.82) is 0 Å². The zero-order chi connectivity index (χ0) is 31.2. The Hall–Kier alpha value is 0.0900. The number of likely N-dealkylation sites (N-methyl/N-ethyl adjacent to an activating group) is 1. The third-order valence-corrected chi connectivity index (χ3v) is 11.9. The average Bonchev–Trinajstić information content (AvgIpc) is 3.01. The first-order valence-corrected chi connectivity index (χ1v) is 21.1. The van der Waals surface area contributed by atoms with Crippen LogP contribution in [0.25, 0.3) is 0 Å². The lowest BCUT2D eigenvalue weighted by atomic mass is 10.1. The van der Waals surface area contributed by atoms with E-state index in [-0.39, 0.29) is 0 Å². The summed E-state index contributed by atoms with van der Waals surface area (Å²) in [5.74, 6) is 4.20. The molecule has 0 bridgehead atoms. The summed E-state index contributed by atoms with van der Waals surface area (Å²) in [6.07, 6.45) is 30.0. The van der Waals surface area contributed by atoms with E-state index in [9.17, 15) is 4.79 Å². The molecule has 4 nitrogen and oxygen atoms in total. The van der Waals surface area contributed by atoms with Crippen LogP contribution in [-0.4, -0.2) is 96.5 Å². The van der Waals surface area contributed by atoms with Crippen molar-refractivity contribution in [2.24, 2.45) is 0 Å². The van der Waals surface area contributed by atoms with Crippen LogP contribution in [0.2, 0.25) is 0 Å². The number of hydrogen-bond acceptors (Lipinski definition) is 5. The molecule has 0 aliphatic carbocycles. The minimum atomic E-state index is 0.400. The molecule has 0 spiro atoms. The monoisotopic (exact) mass is 642 g/mol. The lowest BCUT2D eigenvalue weighted by Crippen LogP contribution is -2.50. The summed E-state index contributed by atoms with van der Waals surface area (Å²) in [6.45, 7) is 10.7.